The molecule has 0 aromatic heterocycles. The van der Waals surface area contributed by atoms with E-state index in [0.29, 0.717) is 5.75 Å². The summed E-state index contributed by atoms with van der Waals surface area (Å²) in [6.07, 6.45) is 0. The van der Waals surface area contributed by atoms with E-state index in [-0.39, 0.29) is 17.1 Å². The third kappa shape index (κ3) is 2.75. The Labute approximate surface area is 97.7 Å². The highest BCUT2D eigenvalue weighted by atomic mass is 16.5. The molecule has 2 aromatic rings. The van der Waals surface area contributed by atoms with Crippen LogP contribution in [0.4, 0.5) is 0 Å². The zero-order chi connectivity index (χ0) is 12.3. The second-order valence-corrected chi connectivity index (χ2v) is 3.44. The van der Waals surface area contributed by atoms with E-state index in [1.54, 1.807) is 24.3 Å². The molecule has 0 aliphatic carbocycles. The minimum Gasteiger partial charge on any atom is -0.508 e. The van der Waals surface area contributed by atoms with Crippen molar-refractivity contribution >= 4 is 5.97 Å². The lowest BCUT2D eigenvalue weighted by Gasteiger charge is -2.06. The van der Waals surface area contributed by atoms with Gasteiger partial charge in [0.2, 0.25) is 0 Å². The van der Waals surface area contributed by atoms with Crippen LogP contribution in [0.15, 0.2) is 48.5 Å². The monoisotopic (exact) mass is 230 g/mol. The summed E-state index contributed by atoms with van der Waals surface area (Å²) >= 11 is 0. The molecule has 86 valence electrons. The van der Waals surface area contributed by atoms with Crippen molar-refractivity contribution in [1.29, 1.82) is 0 Å². The Bertz CT molecular complexity index is 534. The molecule has 0 aliphatic rings. The van der Waals surface area contributed by atoms with E-state index in [2.05, 4.69) is 0 Å². The van der Waals surface area contributed by atoms with Gasteiger partial charge in [0, 0.05) is 6.07 Å². The van der Waals surface area contributed by atoms with Gasteiger partial charge in [-0.15, -0.1) is 0 Å². The number of rotatable bonds is 3. The van der Waals surface area contributed by atoms with Crippen molar-refractivity contribution in [3.63, 3.8) is 0 Å². The van der Waals surface area contributed by atoms with Crippen LogP contribution in [0.3, 0.4) is 0 Å². The first-order valence-electron chi connectivity index (χ1n) is 4.95. The molecule has 0 bridgehead atoms. The fourth-order valence-electron chi connectivity index (χ4n) is 1.39. The van der Waals surface area contributed by atoms with Gasteiger partial charge in [-0.25, -0.2) is 4.79 Å². The van der Waals surface area contributed by atoms with Crippen molar-refractivity contribution in [2.75, 3.05) is 0 Å². The Morgan fingerprint density at radius 3 is 2.35 bits per heavy atom. The van der Waals surface area contributed by atoms with E-state index in [1.165, 1.54) is 18.2 Å². The standard InChI is InChI=1S/C13H10O4/c14-10-6-9(13(15)16)7-12(8-10)17-11-4-2-1-3-5-11/h1-8,14H,(H,15,16). The van der Waals surface area contributed by atoms with Gasteiger partial charge in [-0.2, -0.15) is 0 Å². The minimum absolute atomic E-state index is 0.0177. The highest BCUT2D eigenvalue weighted by molar-refractivity contribution is 5.88. The summed E-state index contributed by atoms with van der Waals surface area (Å²) in [5.41, 5.74) is -0.0177. The first kappa shape index (κ1) is 11.0. The molecular weight excluding hydrogens is 220 g/mol. The van der Waals surface area contributed by atoms with E-state index >= 15 is 0 Å². The van der Waals surface area contributed by atoms with E-state index in [1.807, 2.05) is 6.07 Å². The molecule has 2 rings (SSSR count). The number of hydrogen-bond donors (Lipinski definition) is 2. The molecular formula is C13H10O4. The summed E-state index contributed by atoms with van der Waals surface area (Å²) in [5.74, 6) is -0.391. The van der Waals surface area contributed by atoms with E-state index in [4.69, 9.17) is 9.84 Å². The predicted octanol–water partition coefficient (Wildman–Crippen LogP) is 2.88. The van der Waals surface area contributed by atoms with Crippen molar-refractivity contribution in [3.05, 3.63) is 54.1 Å². The normalized spacial score (nSPS) is 9.88. The topological polar surface area (TPSA) is 66.8 Å². The number of benzene rings is 2. The van der Waals surface area contributed by atoms with Crippen LogP contribution < -0.4 is 4.74 Å². The molecule has 0 spiro atoms. The molecule has 4 heteroatoms. The van der Waals surface area contributed by atoms with Gasteiger partial charge >= 0.3 is 5.97 Å². The van der Waals surface area contributed by atoms with Gasteiger partial charge in [0.1, 0.15) is 17.2 Å². The maximum atomic E-state index is 10.8. The summed E-state index contributed by atoms with van der Waals surface area (Å²) in [5, 5.41) is 18.2. The SMILES string of the molecule is O=C(O)c1cc(O)cc(Oc2ccccc2)c1. The number of carbonyl (C=O) groups is 1. The summed E-state index contributed by atoms with van der Waals surface area (Å²) < 4.78 is 5.43. The molecule has 0 fully saturated rings. The quantitative estimate of drug-likeness (QED) is 0.850. The first-order valence-corrected chi connectivity index (χ1v) is 4.95. The maximum Gasteiger partial charge on any atom is 0.335 e. The predicted molar refractivity (Wildman–Crippen MR) is 61.6 cm³/mol. The van der Waals surface area contributed by atoms with Crippen molar-refractivity contribution in [3.8, 4) is 17.2 Å². The van der Waals surface area contributed by atoms with Crippen molar-refractivity contribution in [1.82, 2.24) is 0 Å². The van der Waals surface area contributed by atoms with E-state index in [0.717, 1.165) is 0 Å². The molecule has 0 unspecified atom stereocenters. The molecule has 0 saturated carbocycles. The molecule has 17 heavy (non-hydrogen) atoms. The highest BCUT2D eigenvalue weighted by Crippen LogP contribution is 2.26. The van der Waals surface area contributed by atoms with Crippen LogP contribution in [0, 0.1) is 0 Å². The van der Waals surface area contributed by atoms with Crippen LogP contribution in [0.2, 0.25) is 0 Å². The molecule has 0 amide bonds. The highest BCUT2D eigenvalue weighted by Gasteiger charge is 2.07. The van der Waals surface area contributed by atoms with Gasteiger partial charge in [0.15, 0.2) is 0 Å². The smallest absolute Gasteiger partial charge is 0.335 e. The second-order valence-electron chi connectivity index (χ2n) is 3.44. The average molecular weight is 230 g/mol. The molecule has 0 heterocycles. The van der Waals surface area contributed by atoms with E-state index < -0.39 is 5.97 Å². The lowest BCUT2D eigenvalue weighted by molar-refractivity contribution is 0.0696. The van der Waals surface area contributed by atoms with E-state index in [9.17, 15) is 9.90 Å². The van der Waals surface area contributed by atoms with Gasteiger partial charge in [-0.1, -0.05) is 18.2 Å². The number of phenols is 1. The van der Waals surface area contributed by atoms with Gasteiger partial charge in [-0.3, -0.25) is 0 Å². The van der Waals surface area contributed by atoms with Crippen LogP contribution >= 0.6 is 0 Å². The number of hydrogen-bond acceptors (Lipinski definition) is 3. The van der Waals surface area contributed by atoms with Gasteiger partial charge in [0.05, 0.1) is 5.56 Å². The molecule has 0 aliphatic heterocycles. The maximum absolute atomic E-state index is 10.8. The summed E-state index contributed by atoms with van der Waals surface area (Å²) in [4.78, 5) is 10.8. The lowest BCUT2D eigenvalue weighted by atomic mass is 10.2. The Kier molecular flexibility index (Phi) is 2.96. The first-order chi connectivity index (χ1) is 8.15. The number of carboxylic acid groups (broad SMARTS) is 1. The van der Waals surface area contributed by atoms with Gasteiger partial charge < -0.3 is 14.9 Å². The largest absolute Gasteiger partial charge is 0.508 e. The second kappa shape index (κ2) is 4.57. The number of aromatic hydroxyl groups is 1. The Morgan fingerprint density at radius 1 is 1.00 bits per heavy atom. The van der Waals surface area contributed by atoms with Crippen molar-refractivity contribution < 1.29 is 19.7 Å². The van der Waals surface area contributed by atoms with Crippen LogP contribution in [-0.2, 0) is 0 Å². The summed E-state index contributed by atoms with van der Waals surface area (Å²) in [6, 6.07) is 12.8. The van der Waals surface area contributed by atoms with Crippen molar-refractivity contribution in [2.45, 2.75) is 0 Å². The Balaban J connectivity index is 2.30. The molecule has 0 saturated heterocycles. The van der Waals surface area contributed by atoms with Crippen LogP contribution in [-0.4, -0.2) is 16.2 Å². The van der Waals surface area contributed by atoms with Crippen LogP contribution in [0.1, 0.15) is 10.4 Å². The fraction of sp³-hybridized carbons (Fsp3) is 0. The fourth-order valence-corrected chi connectivity index (χ4v) is 1.39. The van der Waals surface area contributed by atoms with Gasteiger partial charge in [-0.05, 0) is 24.3 Å². The van der Waals surface area contributed by atoms with Crippen molar-refractivity contribution in [2.24, 2.45) is 0 Å². The molecule has 2 aromatic carbocycles. The molecule has 0 radical (unpaired) electrons. The number of phenolic OH excluding ortho intramolecular Hbond substituents is 1. The number of carboxylic acids is 1. The third-order valence-electron chi connectivity index (χ3n) is 2.12. The average Bonchev–Trinajstić information content (AvgIpc) is 2.29. The zero-order valence-corrected chi connectivity index (χ0v) is 8.83. The molecule has 4 nitrogen and oxygen atoms in total. The lowest BCUT2D eigenvalue weighted by Crippen LogP contribution is -1.96. The minimum atomic E-state index is -1.11. The van der Waals surface area contributed by atoms with Gasteiger partial charge in [0.25, 0.3) is 0 Å². The number of aromatic carboxylic acids is 1. The van der Waals surface area contributed by atoms with Crippen LogP contribution in [0.25, 0.3) is 0 Å². The molecule has 2 N–H and O–H groups in total. The summed E-state index contributed by atoms with van der Waals surface area (Å²) in [7, 11) is 0. The Morgan fingerprint density at radius 2 is 1.71 bits per heavy atom. The zero-order valence-electron chi connectivity index (χ0n) is 8.83. The number of para-hydroxylation sites is 1. The Hall–Kier alpha value is -2.49. The summed E-state index contributed by atoms with van der Waals surface area (Å²) in [6.45, 7) is 0. The molecule has 0 atom stereocenters. The number of ether oxygens (including phenoxy) is 1. The third-order valence-corrected chi connectivity index (χ3v) is 2.12. The van der Waals surface area contributed by atoms with Crippen LogP contribution in [0.5, 0.6) is 17.2 Å².